The number of carbonyl (C=O) groups is 1. The molecule has 0 heterocycles. The molecule has 0 saturated carbocycles. The summed E-state index contributed by atoms with van der Waals surface area (Å²) in [5.74, 6) is 0.222. The Labute approximate surface area is 107 Å². The normalized spacial score (nSPS) is 11.2. The predicted octanol–water partition coefficient (Wildman–Crippen LogP) is 3.28. The Morgan fingerprint density at radius 2 is 1.72 bits per heavy atom. The van der Waals surface area contributed by atoms with Crippen LogP contribution in [0.4, 0.5) is 0 Å². The second kappa shape index (κ2) is 5.29. The maximum absolute atomic E-state index is 11.5. The van der Waals surface area contributed by atoms with Gasteiger partial charge in [0.15, 0.2) is 5.75 Å². The highest BCUT2D eigenvalue weighted by atomic mass is 17.2. The summed E-state index contributed by atoms with van der Waals surface area (Å²) in [7, 11) is 0. The number of phenolic OH excluding ortho intramolecular Hbond substituents is 1. The van der Waals surface area contributed by atoms with Gasteiger partial charge in [-0.15, -0.1) is 0 Å². The van der Waals surface area contributed by atoms with Crippen molar-refractivity contribution in [2.45, 2.75) is 41.0 Å². The van der Waals surface area contributed by atoms with Crippen molar-refractivity contribution in [3.63, 3.8) is 0 Å². The lowest BCUT2D eigenvalue weighted by atomic mass is 9.93. The lowest BCUT2D eigenvalue weighted by Crippen LogP contribution is -2.16. The van der Waals surface area contributed by atoms with Crippen LogP contribution in [0.2, 0.25) is 0 Å². The maximum Gasteiger partial charge on any atom is 0.355 e. The SMILES string of the molecule is Cc1cc(OOC(=O)CC(C)(C)C)cc(C)c1O. The third-order valence-corrected chi connectivity index (χ3v) is 2.37. The van der Waals surface area contributed by atoms with E-state index < -0.39 is 5.97 Å². The number of benzene rings is 1. The zero-order valence-electron chi connectivity index (χ0n) is 11.5. The highest BCUT2D eigenvalue weighted by Gasteiger charge is 2.18. The van der Waals surface area contributed by atoms with Crippen molar-refractivity contribution in [1.29, 1.82) is 0 Å². The molecule has 100 valence electrons. The number of phenols is 1. The van der Waals surface area contributed by atoms with Crippen LogP contribution < -0.4 is 4.89 Å². The van der Waals surface area contributed by atoms with Crippen molar-refractivity contribution in [2.24, 2.45) is 5.41 Å². The maximum atomic E-state index is 11.5. The third kappa shape index (κ3) is 4.28. The van der Waals surface area contributed by atoms with Crippen LogP contribution in [-0.2, 0) is 9.68 Å². The van der Waals surface area contributed by atoms with E-state index in [2.05, 4.69) is 0 Å². The Morgan fingerprint density at radius 1 is 1.22 bits per heavy atom. The minimum Gasteiger partial charge on any atom is -0.507 e. The van der Waals surface area contributed by atoms with Crippen molar-refractivity contribution < 1.29 is 19.7 Å². The summed E-state index contributed by atoms with van der Waals surface area (Å²) < 4.78 is 0. The molecular formula is C14H20O4. The van der Waals surface area contributed by atoms with Crippen LogP contribution in [0.1, 0.15) is 38.3 Å². The highest BCUT2D eigenvalue weighted by Crippen LogP contribution is 2.27. The molecule has 0 aliphatic rings. The van der Waals surface area contributed by atoms with Gasteiger partial charge in [-0.2, -0.15) is 0 Å². The fraction of sp³-hybridized carbons (Fsp3) is 0.500. The summed E-state index contributed by atoms with van der Waals surface area (Å²) >= 11 is 0. The molecule has 0 atom stereocenters. The van der Waals surface area contributed by atoms with Gasteiger partial charge in [0.1, 0.15) is 5.75 Å². The van der Waals surface area contributed by atoms with Gasteiger partial charge in [-0.25, -0.2) is 4.79 Å². The monoisotopic (exact) mass is 252 g/mol. The lowest BCUT2D eigenvalue weighted by Gasteiger charge is -2.16. The molecule has 0 spiro atoms. The Hall–Kier alpha value is -1.71. The second-order valence-electron chi connectivity index (χ2n) is 5.68. The molecule has 0 bridgehead atoms. The van der Waals surface area contributed by atoms with E-state index in [1.807, 2.05) is 20.8 Å². The van der Waals surface area contributed by atoms with E-state index in [-0.39, 0.29) is 17.6 Å². The van der Waals surface area contributed by atoms with Crippen molar-refractivity contribution in [3.05, 3.63) is 23.3 Å². The van der Waals surface area contributed by atoms with Crippen molar-refractivity contribution in [3.8, 4) is 11.5 Å². The second-order valence-corrected chi connectivity index (χ2v) is 5.68. The molecule has 0 radical (unpaired) electrons. The first-order chi connectivity index (χ1) is 8.19. The summed E-state index contributed by atoms with van der Waals surface area (Å²) in [6, 6.07) is 3.24. The zero-order chi connectivity index (χ0) is 13.9. The van der Waals surface area contributed by atoms with E-state index in [1.165, 1.54) is 0 Å². The number of aryl methyl sites for hydroxylation is 2. The Kier molecular flexibility index (Phi) is 4.22. The minimum atomic E-state index is -0.411. The Balaban J connectivity index is 2.62. The minimum absolute atomic E-state index is 0.138. The molecule has 0 aliphatic heterocycles. The van der Waals surface area contributed by atoms with Gasteiger partial charge in [0.2, 0.25) is 0 Å². The van der Waals surface area contributed by atoms with Gasteiger partial charge in [-0.3, -0.25) is 9.78 Å². The van der Waals surface area contributed by atoms with Gasteiger partial charge < -0.3 is 5.11 Å². The van der Waals surface area contributed by atoms with Gasteiger partial charge >= 0.3 is 5.97 Å². The molecule has 0 amide bonds. The molecule has 1 N–H and O–H groups in total. The van der Waals surface area contributed by atoms with Crippen LogP contribution >= 0.6 is 0 Å². The predicted molar refractivity (Wildman–Crippen MR) is 68.4 cm³/mol. The standard InChI is InChI=1S/C14H20O4/c1-9-6-11(7-10(2)13(9)16)17-18-12(15)8-14(3,4)5/h6-7,16H,8H2,1-5H3. The third-order valence-electron chi connectivity index (χ3n) is 2.37. The molecule has 1 rings (SSSR count). The molecule has 1 aromatic carbocycles. The summed E-state index contributed by atoms with van der Waals surface area (Å²) in [5, 5.41) is 9.60. The van der Waals surface area contributed by atoms with Gasteiger partial charge in [0.05, 0.1) is 6.42 Å². The quantitative estimate of drug-likeness (QED) is 0.662. The fourth-order valence-electron chi connectivity index (χ4n) is 1.52. The molecule has 18 heavy (non-hydrogen) atoms. The van der Waals surface area contributed by atoms with Crippen molar-refractivity contribution in [2.75, 3.05) is 0 Å². The van der Waals surface area contributed by atoms with E-state index in [4.69, 9.17) is 9.78 Å². The molecule has 0 fully saturated rings. The first kappa shape index (κ1) is 14.4. The smallest absolute Gasteiger partial charge is 0.355 e. The summed E-state index contributed by atoms with van der Waals surface area (Å²) in [5.41, 5.74) is 1.22. The van der Waals surface area contributed by atoms with Crippen LogP contribution in [0.3, 0.4) is 0 Å². The van der Waals surface area contributed by atoms with E-state index in [0.717, 1.165) is 0 Å². The average molecular weight is 252 g/mol. The summed E-state index contributed by atoms with van der Waals surface area (Å²) in [6.07, 6.45) is 0.281. The topological polar surface area (TPSA) is 55.8 Å². The first-order valence-electron chi connectivity index (χ1n) is 5.86. The molecule has 4 nitrogen and oxygen atoms in total. The largest absolute Gasteiger partial charge is 0.507 e. The molecule has 0 aromatic heterocycles. The van der Waals surface area contributed by atoms with Crippen LogP contribution in [0, 0.1) is 19.3 Å². The van der Waals surface area contributed by atoms with Crippen molar-refractivity contribution >= 4 is 5.97 Å². The number of aromatic hydroxyl groups is 1. The molecule has 0 unspecified atom stereocenters. The fourth-order valence-corrected chi connectivity index (χ4v) is 1.52. The van der Waals surface area contributed by atoms with E-state index in [9.17, 15) is 9.90 Å². The Bertz CT molecular complexity index is 421. The number of hydrogen-bond acceptors (Lipinski definition) is 4. The zero-order valence-corrected chi connectivity index (χ0v) is 11.5. The van der Waals surface area contributed by atoms with Crippen LogP contribution in [0.5, 0.6) is 11.5 Å². The van der Waals surface area contributed by atoms with Gasteiger partial charge in [-0.05, 0) is 42.5 Å². The van der Waals surface area contributed by atoms with Crippen LogP contribution in [-0.4, -0.2) is 11.1 Å². The highest BCUT2D eigenvalue weighted by molar-refractivity contribution is 5.69. The number of hydrogen-bond donors (Lipinski definition) is 1. The van der Waals surface area contributed by atoms with Crippen molar-refractivity contribution in [1.82, 2.24) is 0 Å². The van der Waals surface area contributed by atoms with Crippen LogP contribution in [0.15, 0.2) is 12.1 Å². The molecular weight excluding hydrogens is 232 g/mol. The molecule has 0 aliphatic carbocycles. The first-order valence-corrected chi connectivity index (χ1v) is 5.86. The van der Waals surface area contributed by atoms with Gasteiger partial charge in [0, 0.05) is 0 Å². The molecule has 0 saturated heterocycles. The van der Waals surface area contributed by atoms with E-state index >= 15 is 0 Å². The summed E-state index contributed by atoms with van der Waals surface area (Å²) in [6.45, 7) is 9.35. The average Bonchev–Trinajstić information content (AvgIpc) is 2.20. The lowest BCUT2D eigenvalue weighted by molar-refractivity contribution is -0.215. The number of rotatable bonds is 3. The molecule has 1 aromatic rings. The van der Waals surface area contributed by atoms with Gasteiger partial charge in [-0.1, -0.05) is 20.8 Å². The van der Waals surface area contributed by atoms with Crippen LogP contribution in [0.25, 0.3) is 0 Å². The van der Waals surface area contributed by atoms with Gasteiger partial charge in [0.25, 0.3) is 0 Å². The van der Waals surface area contributed by atoms with E-state index in [0.29, 0.717) is 16.9 Å². The number of carbonyl (C=O) groups excluding carboxylic acids is 1. The van der Waals surface area contributed by atoms with E-state index in [1.54, 1.807) is 26.0 Å². The summed E-state index contributed by atoms with van der Waals surface area (Å²) in [4.78, 5) is 21.2. The molecule has 4 heteroatoms. The Morgan fingerprint density at radius 3 is 2.17 bits per heavy atom.